The summed E-state index contributed by atoms with van der Waals surface area (Å²) in [4.78, 5) is 0. The lowest BCUT2D eigenvalue weighted by Crippen LogP contribution is -2.60. The Morgan fingerprint density at radius 2 is 1.65 bits per heavy atom. The topological polar surface area (TPSA) is 179 Å². The quantitative estimate of drug-likeness (QED) is 0.208. The summed E-state index contributed by atoms with van der Waals surface area (Å²) in [5, 5.41) is 69.4. The van der Waals surface area contributed by atoms with Gasteiger partial charge in [0.25, 0.3) is 0 Å². The molecule has 0 saturated carbocycles. The Morgan fingerprint density at radius 1 is 0.919 bits per heavy atom. The summed E-state index contributed by atoms with van der Waals surface area (Å²) >= 11 is 0. The van der Waals surface area contributed by atoms with Gasteiger partial charge in [0.15, 0.2) is 23.0 Å². The second kappa shape index (κ2) is 13.1. The minimum atomic E-state index is -1.58. The van der Waals surface area contributed by atoms with Crippen LogP contribution in [0.1, 0.15) is 11.1 Å². The lowest BCUT2D eigenvalue weighted by molar-refractivity contribution is -0.277. The van der Waals surface area contributed by atoms with E-state index in [1.807, 2.05) is 0 Å². The maximum Gasteiger partial charge on any atom is 0.229 e. The molecule has 11 nitrogen and oxygen atoms in total. The number of aromatic hydroxyl groups is 1. The summed E-state index contributed by atoms with van der Waals surface area (Å²) in [5.74, 6) is 0.317. The van der Waals surface area contributed by atoms with Gasteiger partial charge in [0, 0.05) is 5.92 Å². The fourth-order valence-electron chi connectivity index (χ4n) is 4.11. The largest absolute Gasteiger partial charge is 0.504 e. The van der Waals surface area contributed by atoms with E-state index in [9.17, 15) is 35.7 Å². The first kappa shape index (κ1) is 28.7. The SMILES string of the molecule is COc1cc(CC(CO)C(=Cc2ccc(OC3OC(CO)C(O)C(O)C3O)c(OC)c2)CO)ccc1O. The molecule has 0 spiro atoms. The number of hydrogen-bond acceptors (Lipinski definition) is 11. The van der Waals surface area contributed by atoms with E-state index < -0.39 is 43.2 Å². The van der Waals surface area contributed by atoms with Crippen LogP contribution in [0.15, 0.2) is 42.0 Å². The third-order valence-corrected chi connectivity index (χ3v) is 6.28. The van der Waals surface area contributed by atoms with Crippen molar-refractivity contribution in [1.29, 1.82) is 0 Å². The van der Waals surface area contributed by atoms with Crippen molar-refractivity contribution in [3.05, 3.63) is 53.1 Å². The molecule has 2 aromatic rings. The molecule has 0 amide bonds. The number of aliphatic hydroxyl groups is 6. The summed E-state index contributed by atoms with van der Waals surface area (Å²) in [6.45, 7) is -1.13. The van der Waals surface area contributed by atoms with E-state index >= 15 is 0 Å². The molecule has 0 aromatic heterocycles. The monoisotopic (exact) mass is 522 g/mol. The molecule has 11 heteroatoms. The normalized spacial score (nSPS) is 25.0. The van der Waals surface area contributed by atoms with E-state index in [4.69, 9.17) is 18.9 Å². The highest BCUT2D eigenvalue weighted by Crippen LogP contribution is 2.33. The number of hydrogen-bond donors (Lipinski definition) is 7. The van der Waals surface area contributed by atoms with Crippen molar-refractivity contribution < 1.29 is 54.7 Å². The highest BCUT2D eigenvalue weighted by atomic mass is 16.7. The number of aliphatic hydroxyl groups excluding tert-OH is 6. The van der Waals surface area contributed by atoms with Gasteiger partial charge in [-0.05, 0) is 47.4 Å². The molecule has 7 N–H and O–H groups in total. The van der Waals surface area contributed by atoms with Crippen molar-refractivity contribution >= 4 is 6.08 Å². The van der Waals surface area contributed by atoms with Crippen LogP contribution < -0.4 is 14.2 Å². The Labute approximate surface area is 214 Å². The molecule has 1 aliphatic heterocycles. The van der Waals surface area contributed by atoms with E-state index in [2.05, 4.69) is 0 Å². The predicted octanol–water partition coefficient (Wildman–Crippen LogP) is -0.185. The Balaban J connectivity index is 1.81. The first-order valence-electron chi connectivity index (χ1n) is 11.7. The molecule has 3 rings (SSSR count). The van der Waals surface area contributed by atoms with Crippen molar-refractivity contribution in [1.82, 2.24) is 0 Å². The maximum atomic E-state index is 10.2. The van der Waals surface area contributed by atoms with E-state index in [0.717, 1.165) is 5.56 Å². The average molecular weight is 523 g/mol. The Bertz CT molecular complexity index is 1050. The van der Waals surface area contributed by atoms with Gasteiger partial charge in [-0.15, -0.1) is 0 Å². The minimum absolute atomic E-state index is 0.00263. The third kappa shape index (κ3) is 6.70. The second-order valence-electron chi connectivity index (χ2n) is 8.69. The van der Waals surface area contributed by atoms with Crippen molar-refractivity contribution in [3.63, 3.8) is 0 Å². The summed E-state index contributed by atoms with van der Waals surface area (Å²) in [7, 11) is 2.85. The molecule has 0 radical (unpaired) electrons. The fraction of sp³-hybridized carbons (Fsp3) is 0.462. The highest BCUT2D eigenvalue weighted by Gasteiger charge is 2.45. The van der Waals surface area contributed by atoms with E-state index in [0.29, 0.717) is 23.3 Å². The molecule has 1 saturated heterocycles. The zero-order valence-electron chi connectivity index (χ0n) is 20.6. The standard InChI is InChI=1S/C26H34O11/c1-34-20-9-14(3-5-18(20)30)7-16(11-27)17(12-28)8-15-4-6-19(21(10-15)35-2)36-26-25(33)24(32)23(31)22(13-29)37-26/h3-6,8-10,16,22-33H,7,11-13H2,1-2H3. The lowest BCUT2D eigenvalue weighted by atomic mass is 9.91. The van der Waals surface area contributed by atoms with Crippen molar-refractivity contribution in [3.8, 4) is 23.0 Å². The Morgan fingerprint density at radius 3 is 2.27 bits per heavy atom. The molecule has 6 atom stereocenters. The van der Waals surface area contributed by atoms with Crippen LogP contribution in [0, 0.1) is 5.92 Å². The molecule has 2 aromatic carbocycles. The number of benzene rings is 2. The van der Waals surface area contributed by atoms with Crippen LogP contribution in [-0.2, 0) is 11.2 Å². The predicted molar refractivity (Wildman–Crippen MR) is 131 cm³/mol. The van der Waals surface area contributed by atoms with Gasteiger partial charge in [-0.1, -0.05) is 18.2 Å². The number of ether oxygens (including phenoxy) is 4. The van der Waals surface area contributed by atoms with Crippen LogP contribution in [0.3, 0.4) is 0 Å². The minimum Gasteiger partial charge on any atom is -0.504 e. The van der Waals surface area contributed by atoms with Crippen LogP contribution in [0.2, 0.25) is 0 Å². The molecule has 1 aliphatic rings. The first-order chi connectivity index (χ1) is 17.8. The molecule has 204 valence electrons. The van der Waals surface area contributed by atoms with Gasteiger partial charge < -0.3 is 54.7 Å². The maximum absolute atomic E-state index is 10.2. The van der Waals surface area contributed by atoms with Crippen molar-refractivity contribution in [2.75, 3.05) is 34.0 Å². The molecule has 1 heterocycles. The van der Waals surface area contributed by atoms with Gasteiger partial charge in [-0.2, -0.15) is 0 Å². The van der Waals surface area contributed by atoms with Gasteiger partial charge in [0.05, 0.1) is 34.0 Å². The highest BCUT2D eigenvalue weighted by molar-refractivity contribution is 5.59. The summed E-state index contributed by atoms with van der Waals surface area (Å²) < 4.78 is 21.6. The van der Waals surface area contributed by atoms with Crippen LogP contribution in [0.5, 0.6) is 23.0 Å². The number of rotatable bonds is 11. The average Bonchev–Trinajstić information content (AvgIpc) is 2.92. The first-order valence-corrected chi connectivity index (χ1v) is 11.7. The zero-order valence-corrected chi connectivity index (χ0v) is 20.6. The smallest absolute Gasteiger partial charge is 0.229 e. The van der Waals surface area contributed by atoms with Gasteiger partial charge in [0.2, 0.25) is 6.29 Å². The molecular formula is C26H34O11. The molecule has 0 bridgehead atoms. The van der Waals surface area contributed by atoms with Crippen molar-refractivity contribution in [2.45, 2.75) is 37.1 Å². The zero-order chi connectivity index (χ0) is 27.1. The van der Waals surface area contributed by atoms with E-state index in [1.54, 1.807) is 36.4 Å². The Kier molecular flexibility index (Phi) is 10.1. The Hall–Kier alpha value is -2.90. The van der Waals surface area contributed by atoms with Gasteiger partial charge in [-0.25, -0.2) is 0 Å². The summed E-state index contributed by atoms with van der Waals surface area (Å²) in [6, 6.07) is 9.71. The fourth-order valence-corrected chi connectivity index (χ4v) is 4.11. The molecule has 37 heavy (non-hydrogen) atoms. The third-order valence-electron chi connectivity index (χ3n) is 6.28. The molecule has 0 aliphatic carbocycles. The summed E-state index contributed by atoms with van der Waals surface area (Å²) in [6.07, 6.45) is -5.07. The van der Waals surface area contributed by atoms with Gasteiger partial charge in [0.1, 0.15) is 24.4 Å². The second-order valence-corrected chi connectivity index (χ2v) is 8.69. The van der Waals surface area contributed by atoms with Crippen molar-refractivity contribution in [2.24, 2.45) is 5.92 Å². The van der Waals surface area contributed by atoms with Crippen LogP contribution in [0.25, 0.3) is 6.08 Å². The molecule has 1 fully saturated rings. The van der Waals surface area contributed by atoms with Crippen LogP contribution in [0.4, 0.5) is 0 Å². The van der Waals surface area contributed by atoms with E-state index in [-0.39, 0.29) is 30.5 Å². The van der Waals surface area contributed by atoms with E-state index in [1.165, 1.54) is 20.3 Å². The van der Waals surface area contributed by atoms with Crippen LogP contribution >= 0.6 is 0 Å². The lowest BCUT2D eigenvalue weighted by Gasteiger charge is -2.39. The van der Waals surface area contributed by atoms with Crippen LogP contribution in [-0.4, -0.2) is 100 Å². The molecule has 6 unspecified atom stereocenters. The van der Waals surface area contributed by atoms with Gasteiger partial charge in [-0.3, -0.25) is 0 Å². The number of methoxy groups -OCH3 is 2. The van der Waals surface area contributed by atoms with Gasteiger partial charge >= 0.3 is 0 Å². The summed E-state index contributed by atoms with van der Waals surface area (Å²) in [5.41, 5.74) is 1.98. The molecular weight excluding hydrogens is 488 g/mol. The number of phenolic OH excluding ortho intramolecular Hbond substituents is 1. The number of phenols is 1.